The molecule has 1 fully saturated rings. The zero-order valence-corrected chi connectivity index (χ0v) is 12.8. The number of anilines is 2. The first-order valence-electron chi connectivity index (χ1n) is 7.79. The van der Waals surface area contributed by atoms with E-state index in [1.165, 1.54) is 43.4 Å². The zero-order valence-electron chi connectivity index (χ0n) is 12.8. The zero-order chi connectivity index (χ0) is 15.0. The van der Waals surface area contributed by atoms with Gasteiger partial charge in [0.1, 0.15) is 0 Å². The van der Waals surface area contributed by atoms with Crippen LogP contribution in [0.1, 0.15) is 48.9 Å². The van der Waals surface area contributed by atoms with Crippen molar-refractivity contribution in [3.8, 4) is 0 Å². The molecule has 1 aromatic rings. The number of benzene rings is 1. The first-order valence-corrected chi connectivity index (χ1v) is 7.79. The smallest absolute Gasteiger partial charge is 0.299 e. The van der Waals surface area contributed by atoms with Crippen molar-refractivity contribution in [2.24, 2.45) is 0 Å². The number of rotatable bonds is 2. The van der Waals surface area contributed by atoms with E-state index < -0.39 is 11.7 Å². The molecule has 1 amide bonds. The Hall–Kier alpha value is -1.84. The Labute approximate surface area is 125 Å². The van der Waals surface area contributed by atoms with Gasteiger partial charge in [0.05, 0.1) is 11.3 Å². The van der Waals surface area contributed by atoms with Crippen LogP contribution in [0.5, 0.6) is 0 Å². The van der Waals surface area contributed by atoms with E-state index in [-0.39, 0.29) is 0 Å². The second-order valence-electron chi connectivity index (χ2n) is 6.15. The van der Waals surface area contributed by atoms with E-state index >= 15 is 0 Å². The van der Waals surface area contributed by atoms with Gasteiger partial charge in [-0.3, -0.25) is 9.59 Å². The fourth-order valence-electron chi connectivity index (χ4n) is 3.44. The van der Waals surface area contributed by atoms with Gasteiger partial charge in [0.25, 0.3) is 11.7 Å². The number of hydrogen-bond acceptors (Lipinski definition) is 3. The molecule has 1 heterocycles. The molecule has 112 valence electrons. The first-order chi connectivity index (χ1) is 10.1. The van der Waals surface area contributed by atoms with Crippen molar-refractivity contribution in [3.05, 3.63) is 23.8 Å². The number of amides is 1. The molecule has 4 nitrogen and oxygen atoms in total. The number of nitrogens with zero attached hydrogens (tertiary/aromatic N) is 2. The van der Waals surface area contributed by atoms with Crippen molar-refractivity contribution in [1.29, 1.82) is 0 Å². The van der Waals surface area contributed by atoms with E-state index in [0.29, 0.717) is 11.6 Å². The fourth-order valence-corrected chi connectivity index (χ4v) is 3.44. The predicted molar refractivity (Wildman–Crippen MR) is 84.1 cm³/mol. The molecule has 0 N–H and O–H groups in total. The van der Waals surface area contributed by atoms with Crippen LogP contribution in [-0.2, 0) is 4.79 Å². The van der Waals surface area contributed by atoms with Crippen molar-refractivity contribution < 1.29 is 9.59 Å². The summed E-state index contributed by atoms with van der Waals surface area (Å²) in [4.78, 5) is 27.4. The van der Waals surface area contributed by atoms with Gasteiger partial charge in [-0.05, 0) is 31.0 Å². The summed E-state index contributed by atoms with van der Waals surface area (Å²) in [6.07, 6.45) is 7.69. The summed E-state index contributed by atoms with van der Waals surface area (Å²) < 4.78 is 0. The van der Waals surface area contributed by atoms with E-state index in [1.54, 1.807) is 13.1 Å². The maximum absolute atomic E-state index is 11.8. The van der Waals surface area contributed by atoms with E-state index in [1.807, 2.05) is 12.1 Å². The summed E-state index contributed by atoms with van der Waals surface area (Å²) >= 11 is 0. The molecule has 1 aliphatic carbocycles. The molecule has 0 atom stereocenters. The summed E-state index contributed by atoms with van der Waals surface area (Å²) in [5.41, 5.74) is 2.36. The largest absolute Gasteiger partial charge is 0.372 e. The van der Waals surface area contributed by atoms with Crippen LogP contribution in [0.4, 0.5) is 11.4 Å². The molecule has 4 heteroatoms. The number of carbonyl (C=O) groups is 2. The Balaban J connectivity index is 1.87. The van der Waals surface area contributed by atoms with Crippen molar-refractivity contribution in [2.45, 2.75) is 44.6 Å². The van der Waals surface area contributed by atoms with Gasteiger partial charge in [-0.25, -0.2) is 0 Å². The first kappa shape index (κ1) is 14.1. The van der Waals surface area contributed by atoms with E-state index in [0.717, 1.165) is 11.4 Å². The third-order valence-corrected chi connectivity index (χ3v) is 4.87. The third-order valence-electron chi connectivity index (χ3n) is 4.87. The molecular formula is C17H22N2O2. The Morgan fingerprint density at radius 3 is 2.43 bits per heavy atom. The van der Waals surface area contributed by atoms with Gasteiger partial charge in [-0.2, -0.15) is 0 Å². The Morgan fingerprint density at radius 1 is 1.10 bits per heavy atom. The molecule has 3 rings (SSSR count). The molecule has 1 aromatic carbocycles. The number of Topliss-reactive ketones (excluding diaryl/α,β-unsaturated/α-hetero) is 1. The second-order valence-corrected chi connectivity index (χ2v) is 6.15. The lowest BCUT2D eigenvalue weighted by molar-refractivity contribution is -0.114. The lowest BCUT2D eigenvalue weighted by Crippen LogP contribution is -2.31. The van der Waals surface area contributed by atoms with Crippen LogP contribution in [-0.4, -0.2) is 31.8 Å². The number of likely N-dealkylation sites (N-methyl/N-ethyl adjacent to an activating group) is 1. The Kier molecular flexibility index (Phi) is 3.70. The molecule has 0 bridgehead atoms. The van der Waals surface area contributed by atoms with E-state index in [9.17, 15) is 9.59 Å². The average molecular weight is 286 g/mol. The number of hydrogen-bond donors (Lipinski definition) is 0. The highest BCUT2D eigenvalue weighted by Gasteiger charge is 2.33. The standard InChI is InChI=1S/C17H22N2O2/c1-18(12-7-5-3-4-6-8-12)13-9-10-14-15(11-13)19(2)17(21)16(14)20/h9-12H,3-8H2,1-2H3. The van der Waals surface area contributed by atoms with Gasteiger partial charge >= 0.3 is 0 Å². The summed E-state index contributed by atoms with van der Waals surface area (Å²) in [5.74, 6) is -0.824. The van der Waals surface area contributed by atoms with E-state index in [2.05, 4.69) is 11.9 Å². The SMILES string of the molecule is CN1C(=O)C(=O)c2ccc(N(C)C3CCCCCC3)cc21. The quantitative estimate of drug-likeness (QED) is 0.620. The minimum absolute atomic E-state index is 0.392. The van der Waals surface area contributed by atoms with E-state index in [4.69, 9.17) is 0 Å². The number of fused-ring (bicyclic) bond motifs is 1. The molecule has 0 saturated heterocycles. The van der Waals surface area contributed by atoms with Crippen LogP contribution < -0.4 is 9.80 Å². The van der Waals surface area contributed by atoms with Crippen LogP contribution >= 0.6 is 0 Å². The molecule has 0 aromatic heterocycles. The van der Waals surface area contributed by atoms with Gasteiger partial charge in [0, 0.05) is 25.8 Å². The lowest BCUT2D eigenvalue weighted by atomic mass is 10.1. The highest BCUT2D eigenvalue weighted by atomic mass is 16.2. The summed E-state index contributed by atoms with van der Waals surface area (Å²) in [5, 5.41) is 0. The highest BCUT2D eigenvalue weighted by Crippen LogP contribution is 2.33. The molecular weight excluding hydrogens is 264 g/mol. The second kappa shape index (κ2) is 5.51. The summed E-state index contributed by atoms with van der Waals surface area (Å²) in [7, 11) is 3.79. The van der Waals surface area contributed by atoms with Crippen LogP contribution in [0.2, 0.25) is 0 Å². The van der Waals surface area contributed by atoms with Crippen molar-refractivity contribution in [1.82, 2.24) is 0 Å². The molecule has 0 unspecified atom stereocenters. The van der Waals surface area contributed by atoms with Gasteiger partial charge in [-0.15, -0.1) is 0 Å². The molecule has 2 aliphatic rings. The van der Waals surface area contributed by atoms with Gasteiger partial charge in [0.15, 0.2) is 0 Å². The minimum Gasteiger partial charge on any atom is -0.372 e. The summed E-state index contributed by atoms with van der Waals surface area (Å²) in [6, 6.07) is 6.29. The van der Waals surface area contributed by atoms with Crippen molar-refractivity contribution >= 4 is 23.1 Å². The Bertz CT molecular complexity index is 574. The Morgan fingerprint density at radius 2 is 1.76 bits per heavy atom. The normalized spacial score (nSPS) is 19.6. The number of ketones is 1. The molecule has 0 radical (unpaired) electrons. The third kappa shape index (κ3) is 2.43. The maximum atomic E-state index is 11.8. The topological polar surface area (TPSA) is 40.6 Å². The van der Waals surface area contributed by atoms with Crippen molar-refractivity contribution in [3.63, 3.8) is 0 Å². The van der Waals surface area contributed by atoms with Gasteiger partial charge in [0.2, 0.25) is 0 Å². The summed E-state index contributed by atoms with van der Waals surface area (Å²) in [6.45, 7) is 0. The molecule has 0 spiro atoms. The van der Waals surface area contributed by atoms with Gasteiger partial charge in [-0.1, -0.05) is 25.7 Å². The predicted octanol–water partition coefficient (Wildman–Crippen LogP) is 3.00. The lowest BCUT2D eigenvalue weighted by Gasteiger charge is -2.30. The number of carbonyl (C=O) groups excluding carboxylic acids is 2. The monoisotopic (exact) mass is 286 g/mol. The van der Waals surface area contributed by atoms with Crippen LogP contribution in [0, 0.1) is 0 Å². The maximum Gasteiger partial charge on any atom is 0.299 e. The highest BCUT2D eigenvalue weighted by molar-refractivity contribution is 6.52. The molecule has 21 heavy (non-hydrogen) atoms. The molecule has 1 saturated carbocycles. The fraction of sp³-hybridized carbons (Fsp3) is 0.529. The van der Waals surface area contributed by atoms with Crippen molar-refractivity contribution in [2.75, 3.05) is 23.9 Å². The minimum atomic E-state index is -0.431. The van der Waals surface area contributed by atoms with Crippen LogP contribution in [0.3, 0.4) is 0 Å². The van der Waals surface area contributed by atoms with Gasteiger partial charge < -0.3 is 9.80 Å². The molecule has 1 aliphatic heterocycles. The van der Waals surface area contributed by atoms with Crippen LogP contribution in [0.15, 0.2) is 18.2 Å². The average Bonchev–Trinajstić information content (AvgIpc) is 2.74. The van der Waals surface area contributed by atoms with Crippen LogP contribution in [0.25, 0.3) is 0 Å².